The van der Waals surface area contributed by atoms with E-state index in [0.717, 1.165) is 12.0 Å². The molecular formula is C17H20ClNO3. The first-order valence-corrected chi connectivity index (χ1v) is 7.77. The number of allylic oxidation sites excluding steroid dienone is 1. The van der Waals surface area contributed by atoms with Gasteiger partial charge in [-0.25, -0.2) is 4.79 Å². The van der Waals surface area contributed by atoms with Crippen LogP contribution in [0.1, 0.15) is 45.1 Å². The molecule has 1 aromatic carbocycles. The second kappa shape index (κ2) is 6.97. The molecule has 2 atom stereocenters. The van der Waals surface area contributed by atoms with Crippen LogP contribution in [0.25, 0.3) is 0 Å². The Bertz CT molecular complexity index is 624. The van der Waals surface area contributed by atoms with E-state index in [4.69, 9.17) is 16.3 Å². The number of esters is 1. The summed E-state index contributed by atoms with van der Waals surface area (Å²) < 4.78 is 5.45. The zero-order valence-corrected chi connectivity index (χ0v) is 13.7. The van der Waals surface area contributed by atoms with Crippen molar-refractivity contribution in [1.29, 1.82) is 0 Å². The van der Waals surface area contributed by atoms with Crippen molar-refractivity contribution < 1.29 is 14.3 Å². The van der Waals surface area contributed by atoms with E-state index < -0.39 is 5.97 Å². The number of rotatable bonds is 4. The average molecular weight is 322 g/mol. The second-order valence-corrected chi connectivity index (χ2v) is 5.90. The Kier molecular flexibility index (Phi) is 5.24. The van der Waals surface area contributed by atoms with Crippen LogP contribution in [-0.2, 0) is 14.3 Å². The summed E-state index contributed by atoms with van der Waals surface area (Å²) in [7, 11) is 0. The standard InChI is InChI=1S/C17H20ClNO3/c1-4-10(2)22-17(21)16-11(3)19-15(20)9-13(16)12-7-5-6-8-14(12)18/h5-8,10,13H,4,9H2,1-3H3,(H,19,20). The fourth-order valence-corrected chi connectivity index (χ4v) is 2.79. The van der Waals surface area contributed by atoms with Gasteiger partial charge in [0.05, 0.1) is 11.7 Å². The fourth-order valence-electron chi connectivity index (χ4n) is 2.52. The van der Waals surface area contributed by atoms with Crippen molar-refractivity contribution in [3.63, 3.8) is 0 Å². The highest BCUT2D eigenvalue weighted by Crippen LogP contribution is 2.37. The largest absolute Gasteiger partial charge is 0.459 e. The summed E-state index contributed by atoms with van der Waals surface area (Å²) >= 11 is 6.25. The normalized spacial score (nSPS) is 19.6. The van der Waals surface area contributed by atoms with Crippen LogP contribution in [0.4, 0.5) is 0 Å². The molecule has 4 nitrogen and oxygen atoms in total. The number of nitrogens with one attached hydrogen (secondary N) is 1. The maximum Gasteiger partial charge on any atom is 0.336 e. The van der Waals surface area contributed by atoms with Gasteiger partial charge in [0.2, 0.25) is 5.91 Å². The molecule has 5 heteroatoms. The zero-order chi connectivity index (χ0) is 16.3. The van der Waals surface area contributed by atoms with Gasteiger partial charge in [-0.2, -0.15) is 0 Å². The van der Waals surface area contributed by atoms with Crippen LogP contribution in [0.15, 0.2) is 35.5 Å². The third kappa shape index (κ3) is 3.50. The molecular weight excluding hydrogens is 302 g/mol. The van der Waals surface area contributed by atoms with Gasteiger partial charge in [-0.3, -0.25) is 4.79 Å². The second-order valence-electron chi connectivity index (χ2n) is 5.49. The molecule has 0 saturated carbocycles. The summed E-state index contributed by atoms with van der Waals surface area (Å²) in [4.78, 5) is 24.4. The summed E-state index contributed by atoms with van der Waals surface area (Å²) in [6, 6.07) is 7.27. The van der Waals surface area contributed by atoms with E-state index in [1.807, 2.05) is 32.0 Å². The number of hydrogen-bond donors (Lipinski definition) is 1. The Morgan fingerprint density at radius 3 is 2.77 bits per heavy atom. The highest BCUT2D eigenvalue weighted by atomic mass is 35.5. The molecule has 0 radical (unpaired) electrons. The van der Waals surface area contributed by atoms with Crippen molar-refractivity contribution in [2.24, 2.45) is 0 Å². The van der Waals surface area contributed by atoms with E-state index in [-0.39, 0.29) is 24.3 Å². The zero-order valence-electron chi connectivity index (χ0n) is 13.0. The number of carbonyl (C=O) groups excluding carboxylic acids is 2. The molecule has 0 spiro atoms. The van der Waals surface area contributed by atoms with Crippen molar-refractivity contribution in [3.8, 4) is 0 Å². The van der Waals surface area contributed by atoms with Gasteiger partial charge >= 0.3 is 5.97 Å². The topological polar surface area (TPSA) is 55.4 Å². The number of hydrogen-bond acceptors (Lipinski definition) is 3. The molecule has 118 valence electrons. The molecule has 1 aliphatic heterocycles. The average Bonchev–Trinajstić information content (AvgIpc) is 2.46. The third-order valence-corrected chi connectivity index (χ3v) is 4.20. The lowest BCUT2D eigenvalue weighted by Gasteiger charge is -2.28. The predicted molar refractivity (Wildman–Crippen MR) is 85.5 cm³/mol. The molecule has 0 bridgehead atoms. The Morgan fingerprint density at radius 2 is 2.14 bits per heavy atom. The first-order valence-electron chi connectivity index (χ1n) is 7.40. The smallest absolute Gasteiger partial charge is 0.336 e. The van der Waals surface area contributed by atoms with Crippen LogP contribution < -0.4 is 5.32 Å². The predicted octanol–water partition coefficient (Wildman–Crippen LogP) is 3.56. The van der Waals surface area contributed by atoms with Gasteiger partial charge < -0.3 is 10.1 Å². The van der Waals surface area contributed by atoms with Crippen molar-refractivity contribution >= 4 is 23.5 Å². The van der Waals surface area contributed by atoms with E-state index in [0.29, 0.717) is 16.3 Å². The Balaban J connectivity index is 2.41. The summed E-state index contributed by atoms with van der Waals surface area (Å²) in [5.74, 6) is -0.890. The lowest BCUT2D eigenvalue weighted by atomic mass is 9.84. The van der Waals surface area contributed by atoms with Crippen molar-refractivity contribution in [2.45, 2.75) is 45.6 Å². The lowest BCUT2D eigenvalue weighted by molar-refractivity contribution is -0.144. The van der Waals surface area contributed by atoms with Crippen LogP contribution in [0, 0.1) is 0 Å². The van der Waals surface area contributed by atoms with Gasteiger partial charge in [0.1, 0.15) is 0 Å². The maximum atomic E-state index is 12.5. The number of carbonyl (C=O) groups is 2. The first kappa shape index (κ1) is 16.6. The monoisotopic (exact) mass is 321 g/mol. The van der Waals surface area contributed by atoms with Gasteiger partial charge in [0.15, 0.2) is 0 Å². The highest BCUT2D eigenvalue weighted by Gasteiger charge is 2.34. The van der Waals surface area contributed by atoms with Gasteiger partial charge in [0, 0.05) is 23.1 Å². The van der Waals surface area contributed by atoms with Crippen LogP contribution in [0.5, 0.6) is 0 Å². The summed E-state index contributed by atoms with van der Waals surface area (Å²) in [6.45, 7) is 5.52. The molecule has 22 heavy (non-hydrogen) atoms. The van der Waals surface area contributed by atoms with Crippen molar-refractivity contribution in [3.05, 3.63) is 46.1 Å². The molecule has 0 aliphatic carbocycles. The van der Waals surface area contributed by atoms with Crippen LogP contribution in [0.3, 0.4) is 0 Å². The Labute approximate surface area is 135 Å². The minimum Gasteiger partial charge on any atom is -0.459 e. The molecule has 2 unspecified atom stereocenters. The van der Waals surface area contributed by atoms with Crippen LogP contribution in [0.2, 0.25) is 5.02 Å². The minimum atomic E-state index is -0.392. The van der Waals surface area contributed by atoms with Crippen molar-refractivity contribution in [1.82, 2.24) is 5.32 Å². The molecule has 0 saturated heterocycles. The van der Waals surface area contributed by atoms with E-state index >= 15 is 0 Å². The summed E-state index contributed by atoms with van der Waals surface area (Å²) in [5, 5.41) is 3.26. The number of amides is 1. The summed E-state index contributed by atoms with van der Waals surface area (Å²) in [5.41, 5.74) is 1.79. The summed E-state index contributed by atoms with van der Waals surface area (Å²) in [6.07, 6.45) is 0.755. The molecule has 0 fully saturated rings. The van der Waals surface area contributed by atoms with Gasteiger partial charge in [-0.1, -0.05) is 36.7 Å². The molecule has 1 aromatic rings. The fraction of sp³-hybridized carbons (Fsp3) is 0.412. The molecule has 2 rings (SSSR count). The van der Waals surface area contributed by atoms with E-state index in [2.05, 4.69) is 5.32 Å². The van der Waals surface area contributed by atoms with Gasteiger partial charge in [-0.05, 0) is 31.9 Å². The Hall–Kier alpha value is -1.81. The SMILES string of the molecule is CCC(C)OC(=O)C1=C(C)NC(=O)CC1c1ccccc1Cl. The van der Waals surface area contributed by atoms with Crippen LogP contribution >= 0.6 is 11.6 Å². The number of ether oxygens (including phenoxy) is 1. The van der Waals surface area contributed by atoms with E-state index in [1.165, 1.54) is 0 Å². The molecule has 1 N–H and O–H groups in total. The lowest BCUT2D eigenvalue weighted by Crippen LogP contribution is -2.35. The maximum absolute atomic E-state index is 12.5. The van der Waals surface area contributed by atoms with Gasteiger partial charge in [-0.15, -0.1) is 0 Å². The minimum absolute atomic E-state index is 0.123. The van der Waals surface area contributed by atoms with E-state index in [9.17, 15) is 9.59 Å². The molecule has 1 heterocycles. The molecule has 1 aliphatic rings. The first-order chi connectivity index (χ1) is 10.4. The number of halogens is 1. The highest BCUT2D eigenvalue weighted by molar-refractivity contribution is 6.31. The Morgan fingerprint density at radius 1 is 1.45 bits per heavy atom. The van der Waals surface area contributed by atoms with Gasteiger partial charge in [0.25, 0.3) is 0 Å². The van der Waals surface area contributed by atoms with Crippen molar-refractivity contribution in [2.75, 3.05) is 0 Å². The molecule has 1 amide bonds. The third-order valence-electron chi connectivity index (χ3n) is 3.85. The van der Waals surface area contributed by atoms with E-state index in [1.54, 1.807) is 13.0 Å². The quantitative estimate of drug-likeness (QED) is 0.863. The number of benzene rings is 1. The molecule has 0 aromatic heterocycles. The van der Waals surface area contributed by atoms with Crippen LogP contribution in [-0.4, -0.2) is 18.0 Å².